The lowest BCUT2D eigenvalue weighted by Gasteiger charge is -2.36. The summed E-state index contributed by atoms with van der Waals surface area (Å²) in [4.78, 5) is 30.9. The summed E-state index contributed by atoms with van der Waals surface area (Å²) in [5.41, 5.74) is 3.78. The minimum atomic E-state index is -0.383. The third-order valence-corrected chi connectivity index (χ3v) is 7.18. The van der Waals surface area contributed by atoms with Crippen molar-refractivity contribution in [3.8, 4) is 0 Å². The summed E-state index contributed by atoms with van der Waals surface area (Å²) < 4.78 is 0. The van der Waals surface area contributed by atoms with Crippen molar-refractivity contribution in [2.75, 3.05) is 36.4 Å². The van der Waals surface area contributed by atoms with Crippen molar-refractivity contribution in [2.45, 2.75) is 5.92 Å². The molecule has 1 saturated heterocycles. The summed E-state index contributed by atoms with van der Waals surface area (Å²) in [6.07, 6.45) is 0. The van der Waals surface area contributed by atoms with Crippen molar-refractivity contribution in [3.63, 3.8) is 0 Å². The lowest BCUT2D eigenvalue weighted by Crippen LogP contribution is -2.48. The standard InChI is InChI=1S/C29H27N3O2S/c33-28(27(22-8-3-1-4-9-22)23-10-5-2-6-11-23)30-24-13-15-25(16-14-24)31-17-19-32(20-18-31)29(34)26-12-7-21-35-26/h1-16,21,27H,17-20H2,(H,30,33). The fraction of sp³-hybridized carbons (Fsp3) is 0.172. The molecule has 1 aromatic heterocycles. The molecule has 0 radical (unpaired) electrons. The van der Waals surface area contributed by atoms with Crippen LogP contribution in [0.3, 0.4) is 0 Å². The highest BCUT2D eigenvalue weighted by Crippen LogP contribution is 2.27. The number of amides is 2. The van der Waals surface area contributed by atoms with Crippen molar-refractivity contribution in [2.24, 2.45) is 0 Å². The van der Waals surface area contributed by atoms with Crippen molar-refractivity contribution in [1.82, 2.24) is 4.90 Å². The number of carbonyl (C=O) groups excluding carboxylic acids is 2. The van der Waals surface area contributed by atoms with Gasteiger partial charge in [0.05, 0.1) is 10.8 Å². The van der Waals surface area contributed by atoms with Gasteiger partial charge in [0, 0.05) is 37.6 Å². The highest BCUT2D eigenvalue weighted by molar-refractivity contribution is 7.12. The van der Waals surface area contributed by atoms with Gasteiger partial charge in [-0.2, -0.15) is 0 Å². The van der Waals surface area contributed by atoms with E-state index in [4.69, 9.17) is 0 Å². The minimum Gasteiger partial charge on any atom is -0.368 e. The molecule has 0 saturated carbocycles. The number of anilines is 2. The Morgan fingerprint density at radius 2 is 1.31 bits per heavy atom. The van der Waals surface area contributed by atoms with Crippen LogP contribution in [0.4, 0.5) is 11.4 Å². The highest BCUT2D eigenvalue weighted by Gasteiger charge is 2.24. The Balaban J connectivity index is 1.23. The Labute approximate surface area is 209 Å². The number of nitrogens with one attached hydrogen (secondary N) is 1. The van der Waals surface area contributed by atoms with Crippen LogP contribution in [-0.2, 0) is 4.79 Å². The first-order chi connectivity index (χ1) is 17.2. The molecule has 0 spiro atoms. The van der Waals surface area contributed by atoms with E-state index in [0.29, 0.717) is 13.1 Å². The topological polar surface area (TPSA) is 52.7 Å². The van der Waals surface area contributed by atoms with Gasteiger partial charge in [-0.15, -0.1) is 11.3 Å². The van der Waals surface area contributed by atoms with Crippen LogP contribution in [-0.4, -0.2) is 42.9 Å². The molecule has 2 heterocycles. The van der Waals surface area contributed by atoms with Gasteiger partial charge < -0.3 is 15.1 Å². The van der Waals surface area contributed by atoms with Gasteiger partial charge in [0.15, 0.2) is 0 Å². The third-order valence-electron chi connectivity index (χ3n) is 6.33. The predicted molar refractivity (Wildman–Crippen MR) is 142 cm³/mol. The van der Waals surface area contributed by atoms with Crippen LogP contribution in [0, 0.1) is 0 Å². The number of piperazine rings is 1. The third kappa shape index (κ3) is 5.28. The Morgan fingerprint density at radius 3 is 1.86 bits per heavy atom. The normalized spacial score (nSPS) is 13.6. The van der Waals surface area contributed by atoms with E-state index in [-0.39, 0.29) is 17.7 Å². The monoisotopic (exact) mass is 481 g/mol. The van der Waals surface area contributed by atoms with Crippen LogP contribution in [0.5, 0.6) is 0 Å². The molecule has 0 unspecified atom stereocenters. The minimum absolute atomic E-state index is 0.0594. The highest BCUT2D eigenvalue weighted by atomic mass is 32.1. The molecule has 0 aliphatic carbocycles. The van der Waals surface area contributed by atoms with Gasteiger partial charge in [0.1, 0.15) is 0 Å². The van der Waals surface area contributed by atoms with Gasteiger partial charge in [-0.05, 0) is 46.8 Å². The summed E-state index contributed by atoms with van der Waals surface area (Å²) >= 11 is 1.49. The lowest BCUT2D eigenvalue weighted by atomic mass is 9.90. The van der Waals surface area contributed by atoms with Gasteiger partial charge in [-0.3, -0.25) is 9.59 Å². The number of hydrogen-bond donors (Lipinski definition) is 1. The van der Waals surface area contributed by atoms with E-state index in [0.717, 1.165) is 40.5 Å². The van der Waals surface area contributed by atoms with E-state index in [2.05, 4.69) is 10.2 Å². The zero-order valence-corrected chi connectivity index (χ0v) is 20.2. The average Bonchev–Trinajstić information content (AvgIpc) is 3.45. The van der Waals surface area contributed by atoms with E-state index in [1.807, 2.05) is 107 Å². The van der Waals surface area contributed by atoms with Crippen LogP contribution in [0.25, 0.3) is 0 Å². The van der Waals surface area contributed by atoms with Gasteiger partial charge >= 0.3 is 0 Å². The number of rotatable bonds is 6. The summed E-state index contributed by atoms with van der Waals surface area (Å²) in [6, 6.07) is 31.5. The molecule has 0 bridgehead atoms. The lowest BCUT2D eigenvalue weighted by molar-refractivity contribution is -0.116. The fourth-order valence-electron chi connectivity index (χ4n) is 4.48. The van der Waals surface area contributed by atoms with E-state index < -0.39 is 0 Å². The van der Waals surface area contributed by atoms with Gasteiger partial charge in [0.25, 0.3) is 5.91 Å². The molecule has 6 heteroatoms. The maximum absolute atomic E-state index is 13.3. The molecule has 3 aromatic carbocycles. The SMILES string of the molecule is O=C(Nc1ccc(N2CCN(C(=O)c3cccs3)CC2)cc1)C(c1ccccc1)c1ccccc1. The first-order valence-electron chi connectivity index (χ1n) is 11.8. The molecule has 2 amide bonds. The van der Waals surface area contributed by atoms with Crippen molar-refractivity contribution < 1.29 is 9.59 Å². The van der Waals surface area contributed by atoms with Crippen LogP contribution >= 0.6 is 11.3 Å². The van der Waals surface area contributed by atoms with Crippen molar-refractivity contribution in [3.05, 3.63) is 118 Å². The van der Waals surface area contributed by atoms with Crippen LogP contribution in [0.15, 0.2) is 102 Å². The molecule has 176 valence electrons. The Morgan fingerprint density at radius 1 is 0.714 bits per heavy atom. The Hall–Kier alpha value is -3.90. The van der Waals surface area contributed by atoms with Crippen LogP contribution < -0.4 is 10.2 Å². The fourth-order valence-corrected chi connectivity index (χ4v) is 5.17. The molecule has 1 fully saturated rings. The van der Waals surface area contributed by atoms with Gasteiger partial charge in [-0.25, -0.2) is 0 Å². The molecule has 1 aliphatic rings. The average molecular weight is 482 g/mol. The number of benzene rings is 3. The number of thiophene rings is 1. The smallest absolute Gasteiger partial charge is 0.264 e. The van der Waals surface area contributed by atoms with Gasteiger partial charge in [-0.1, -0.05) is 66.7 Å². The molecule has 5 rings (SSSR count). The first kappa shape index (κ1) is 22.9. The largest absolute Gasteiger partial charge is 0.368 e. The van der Waals surface area contributed by atoms with Crippen LogP contribution in [0.1, 0.15) is 26.7 Å². The van der Waals surface area contributed by atoms with Gasteiger partial charge in [0.2, 0.25) is 5.91 Å². The van der Waals surface area contributed by atoms with Crippen molar-refractivity contribution in [1.29, 1.82) is 0 Å². The Kier molecular flexibility index (Phi) is 6.91. The summed E-state index contributed by atoms with van der Waals surface area (Å²) in [5.74, 6) is -0.328. The maximum Gasteiger partial charge on any atom is 0.264 e. The molecule has 5 nitrogen and oxygen atoms in total. The van der Waals surface area contributed by atoms with Crippen molar-refractivity contribution >= 4 is 34.5 Å². The van der Waals surface area contributed by atoms with E-state index in [1.54, 1.807) is 0 Å². The number of hydrogen-bond acceptors (Lipinski definition) is 4. The summed E-state index contributed by atoms with van der Waals surface area (Å²) in [5, 5.41) is 5.03. The van der Waals surface area contributed by atoms with E-state index in [1.165, 1.54) is 11.3 Å². The molecule has 1 N–H and O–H groups in total. The van der Waals surface area contributed by atoms with Crippen LogP contribution in [0.2, 0.25) is 0 Å². The zero-order valence-electron chi connectivity index (χ0n) is 19.3. The summed E-state index contributed by atoms with van der Waals surface area (Å²) in [7, 11) is 0. The second-order valence-corrected chi connectivity index (χ2v) is 9.49. The number of nitrogens with zero attached hydrogens (tertiary/aromatic N) is 2. The molecular weight excluding hydrogens is 454 g/mol. The molecule has 4 aromatic rings. The summed E-state index contributed by atoms with van der Waals surface area (Å²) in [6.45, 7) is 2.97. The molecule has 0 atom stereocenters. The zero-order chi connectivity index (χ0) is 24.0. The maximum atomic E-state index is 13.3. The molecular formula is C29H27N3O2S. The first-order valence-corrected chi connectivity index (χ1v) is 12.7. The van der Waals surface area contributed by atoms with E-state index in [9.17, 15) is 9.59 Å². The Bertz CT molecular complexity index is 1210. The second kappa shape index (κ2) is 10.6. The van der Waals surface area contributed by atoms with E-state index >= 15 is 0 Å². The quantitative estimate of drug-likeness (QED) is 0.397. The predicted octanol–water partition coefficient (Wildman–Crippen LogP) is 5.48. The molecule has 1 aliphatic heterocycles. The second-order valence-electron chi connectivity index (χ2n) is 8.55. The molecule has 35 heavy (non-hydrogen) atoms. The number of carbonyl (C=O) groups is 2.